The number of rotatable bonds is 5. The molecule has 20 heavy (non-hydrogen) atoms. The molecule has 0 unspecified atom stereocenters. The van der Waals surface area contributed by atoms with E-state index < -0.39 is 0 Å². The average molecular weight is 273 g/mol. The molecule has 0 saturated carbocycles. The maximum Gasteiger partial charge on any atom is 0.148 e. The van der Waals surface area contributed by atoms with Gasteiger partial charge in [-0.15, -0.1) is 0 Å². The number of aromatic nitrogens is 2. The lowest BCUT2D eigenvalue weighted by atomic mass is 10.2. The summed E-state index contributed by atoms with van der Waals surface area (Å²) in [5, 5.41) is 3.27. The maximum absolute atomic E-state index is 5.59. The van der Waals surface area contributed by atoms with Crippen LogP contribution in [0.2, 0.25) is 0 Å². The Labute approximate surface area is 118 Å². The number of nitrogens with one attached hydrogen (secondary N) is 2. The van der Waals surface area contributed by atoms with Crippen LogP contribution in [0.25, 0.3) is 0 Å². The molecule has 0 saturated heterocycles. The molecule has 6 nitrogen and oxygen atoms in total. The molecule has 0 bridgehead atoms. The van der Waals surface area contributed by atoms with Crippen LogP contribution in [0.15, 0.2) is 24.3 Å². The van der Waals surface area contributed by atoms with E-state index in [1.165, 1.54) is 0 Å². The molecule has 0 fully saturated rings. The largest absolute Gasteiger partial charge is 0.492 e. The van der Waals surface area contributed by atoms with Crippen molar-refractivity contribution in [2.45, 2.75) is 20.8 Å². The summed E-state index contributed by atoms with van der Waals surface area (Å²) in [6, 6.07) is 7.73. The fraction of sp³-hybridized carbons (Fsp3) is 0.286. The van der Waals surface area contributed by atoms with E-state index in [1.54, 1.807) is 0 Å². The van der Waals surface area contributed by atoms with Gasteiger partial charge in [0.15, 0.2) is 0 Å². The lowest BCUT2D eigenvalue weighted by Crippen LogP contribution is -2.13. The van der Waals surface area contributed by atoms with E-state index in [-0.39, 0.29) is 0 Å². The predicted molar refractivity (Wildman–Crippen MR) is 80.2 cm³/mol. The Hall–Kier alpha value is -2.34. The molecule has 0 aliphatic rings. The predicted octanol–water partition coefficient (Wildman–Crippen LogP) is 2.52. The Balaban J connectivity index is 2.37. The zero-order valence-corrected chi connectivity index (χ0v) is 11.9. The second-order valence-electron chi connectivity index (χ2n) is 4.29. The number of nitrogens with two attached hydrogens (primary N) is 1. The van der Waals surface area contributed by atoms with Crippen molar-refractivity contribution in [3.05, 3.63) is 35.7 Å². The third-order valence-corrected chi connectivity index (χ3v) is 2.83. The summed E-state index contributed by atoms with van der Waals surface area (Å²) < 4.78 is 5.59. The highest BCUT2D eigenvalue weighted by Crippen LogP contribution is 2.29. The smallest absolute Gasteiger partial charge is 0.148 e. The molecule has 0 radical (unpaired) electrons. The molecule has 1 aromatic heterocycles. The number of aryl methyl sites for hydroxylation is 1. The number of anilines is 3. The van der Waals surface area contributed by atoms with Crippen LogP contribution in [0.5, 0.6) is 5.75 Å². The number of ether oxygens (including phenoxy) is 1. The van der Waals surface area contributed by atoms with E-state index in [2.05, 4.69) is 20.7 Å². The summed E-state index contributed by atoms with van der Waals surface area (Å²) in [7, 11) is 0. The molecular formula is C14H19N5O. The molecule has 0 spiro atoms. The Morgan fingerprint density at radius 2 is 1.85 bits per heavy atom. The first-order valence-electron chi connectivity index (χ1n) is 6.46. The zero-order chi connectivity index (χ0) is 14.5. The number of hydrogen-bond donors (Lipinski definition) is 3. The van der Waals surface area contributed by atoms with Gasteiger partial charge in [0.05, 0.1) is 12.3 Å². The van der Waals surface area contributed by atoms with E-state index in [0.29, 0.717) is 24.1 Å². The maximum atomic E-state index is 5.59. The van der Waals surface area contributed by atoms with Gasteiger partial charge in [0.25, 0.3) is 0 Å². The third kappa shape index (κ3) is 2.97. The van der Waals surface area contributed by atoms with Gasteiger partial charge in [0.1, 0.15) is 23.2 Å². The number of hydrazine groups is 1. The van der Waals surface area contributed by atoms with E-state index in [1.807, 2.05) is 45.0 Å². The van der Waals surface area contributed by atoms with Gasteiger partial charge in [-0.1, -0.05) is 12.1 Å². The van der Waals surface area contributed by atoms with Crippen molar-refractivity contribution in [1.82, 2.24) is 9.97 Å². The van der Waals surface area contributed by atoms with Crippen LogP contribution in [0.1, 0.15) is 18.3 Å². The van der Waals surface area contributed by atoms with Gasteiger partial charge >= 0.3 is 0 Å². The molecule has 6 heteroatoms. The normalized spacial score (nSPS) is 10.2. The third-order valence-electron chi connectivity index (χ3n) is 2.83. The fourth-order valence-corrected chi connectivity index (χ4v) is 1.87. The standard InChI is InChI=1S/C14H19N5O/c1-4-20-12-8-6-5-7-11(12)18-13-9(2)14(19-15)17-10(3)16-13/h5-8H,4,15H2,1-3H3,(H2,16,17,18,19). The molecule has 0 aliphatic heterocycles. The van der Waals surface area contributed by atoms with Gasteiger partial charge in [-0.25, -0.2) is 15.8 Å². The highest BCUT2D eigenvalue weighted by atomic mass is 16.5. The topological polar surface area (TPSA) is 85.1 Å². The first kappa shape index (κ1) is 14.1. The quantitative estimate of drug-likeness (QED) is 0.573. The van der Waals surface area contributed by atoms with Crippen LogP contribution in [-0.4, -0.2) is 16.6 Å². The first-order valence-corrected chi connectivity index (χ1v) is 6.46. The van der Waals surface area contributed by atoms with Crippen LogP contribution in [-0.2, 0) is 0 Å². The molecule has 106 valence electrons. The number of nitrogens with zero attached hydrogens (tertiary/aromatic N) is 2. The summed E-state index contributed by atoms with van der Waals surface area (Å²) in [4.78, 5) is 8.64. The van der Waals surface area contributed by atoms with E-state index >= 15 is 0 Å². The van der Waals surface area contributed by atoms with Crippen molar-refractivity contribution < 1.29 is 4.74 Å². The second-order valence-corrected chi connectivity index (χ2v) is 4.29. The first-order chi connectivity index (χ1) is 9.65. The molecule has 2 rings (SSSR count). The van der Waals surface area contributed by atoms with Crippen LogP contribution in [0.3, 0.4) is 0 Å². The monoisotopic (exact) mass is 273 g/mol. The highest BCUT2D eigenvalue weighted by molar-refractivity contribution is 5.68. The summed E-state index contributed by atoms with van der Waals surface area (Å²) >= 11 is 0. The molecule has 2 aromatic rings. The Morgan fingerprint density at radius 1 is 1.15 bits per heavy atom. The highest BCUT2D eigenvalue weighted by Gasteiger charge is 2.10. The van der Waals surface area contributed by atoms with Crippen molar-refractivity contribution in [3.63, 3.8) is 0 Å². The molecule has 1 heterocycles. The van der Waals surface area contributed by atoms with Crippen molar-refractivity contribution in [1.29, 1.82) is 0 Å². The van der Waals surface area contributed by atoms with Gasteiger partial charge in [-0.3, -0.25) is 0 Å². The van der Waals surface area contributed by atoms with E-state index in [0.717, 1.165) is 17.0 Å². The van der Waals surface area contributed by atoms with Gasteiger partial charge in [0, 0.05) is 5.56 Å². The second kappa shape index (κ2) is 6.21. The van der Waals surface area contributed by atoms with Crippen molar-refractivity contribution in [2.24, 2.45) is 5.84 Å². The van der Waals surface area contributed by atoms with Gasteiger partial charge < -0.3 is 15.5 Å². The molecular weight excluding hydrogens is 254 g/mol. The average Bonchev–Trinajstić information content (AvgIpc) is 2.44. The summed E-state index contributed by atoms with van der Waals surface area (Å²) in [5.41, 5.74) is 4.29. The van der Waals surface area contributed by atoms with Gasteiger partial charge in [-0.2, -0.15) is 0 Å². The zero-order valence-electron chi connectivity index (χ0n) is 11.9. The summed E-state index contributed by atoms with van der Waals surface area (Å²) in [5.74, 6) is 8.20. The number of benzene rings is 1. The van der Waals surface area contributed by atoms with Crippen LogP contribution < -0.4 is 21.3 Å². The number of hydrogen-bond acceptors (Lipinski definition) is 6. The summed E-state index contributed by atoms with van der Waals surface area (Å²) in [6.07, 6.45) is 0. The molecule has 0 amide bonds. The number of nitrogen functional groups attached to an aromatic ring is 1. The van der Waals surface area contributed by atoms with Crippen LogP contribution in [0, 0.1) is 13.8 Å². The molecule has 0 atom stereocenters. The molecule has 0 aliphatic carbocycles. The Morgan fingerprint density at radius 3 is 2.55 bits per heavy atom. The lowest BCUT2D eigenvalue weighted by Gasteiger charge is -2.15. The van der Waals surface area contributed by atoms with E-state index in [9.17, 15) is 0 Å². The minimum absolute atomic E-state index is 0.605. The minimum Gasteiger partial charge on any atom is -0.492 e. The SMILES string of the molecule is CCOc1ccccc1Nc1nc(C)nc(NN)c1C. The Kier molecular flexibility index (Phi) is 4.37. The minimum atomic E-state index is 0.605. The lowest BCUT2D eigenvalue weighted by molar-refractivity contribution is 0.342. The van der Waals surface area contributed by atoms with Crippen molar-refractivity contribution in [3.8, 4) is 5.75 Å². The molecule has 4 N–H and O–H groups in total. The Bertz CT molecular complexity index is 600. The summed E-state index contributed by atoms with van der Waals surface area (Å²) in [6.45, 7) is 6.28. The van der Waals surface area contributed by atoms with Gasteiger partial charge in [-0.05, 0) is 32.9 Å². The van der Waals surface area contributed by atoms with Crippen LogP contribution >= 0.6 is 0 Å². The fourth-order valence-electron chi connectivity index (χ4n) is 1.87. The van der Waals surface area contributed by atoms with Gasteiger partial charge in [0.2, 0.25) is 0 Å². The van der Waals surface area contributed by atoms with Crippen molar-refractivity contribution >= 4 is 17.3 Å². The van der Waals surface area contributed by atoms with E-state index in [4.69, 9.17) is 10.6 Å². The molecule has 1 aromatic carbocycles. The van der Waals surface area contributed by atoms with Crippen LogP contribution in [0.4, 0.5) is 17.3 Å². The number of para-hydroxylation sites is 2. The van der Waals surface area contributed by atoms with Crippen molar-refractivity contribution in [2.75, 3.05) is 17.3 Å².